The highest BCUT2D eigenvalue weighted by atomic mass is 28.4. The average Bonchev–Trinajstić information content (AvgIpc) is 3.42. The Kier molecular flexibility index (Phi) is 9.84. The maximum Gasteiger partial charge on any atom is 0.338 e. The normalized spacial score (nSPS) is 22.7. The molecule has 5 nitrogen and oxygen atoms in total. The number of allylic oxidation sites excluding steroid dienone is 4. The summed E-state index contributed by atoms with van der Waals surface area (Å²) in [6, 6.07) is 19.6. The predicted octanol–water partition coefficient (Wildman–Crippen LogP) is 7.09. The van der Waals surface area contributed by atoms with Crippen molar-refractivity contribution >= 4 is 25.4 Å². The molecule has 1 aliphatic heterocycles. The first-order valence-corrected chi connectivity index (χ1v) is 17.2. The number of carbonyl (C=O) groups is 2. The van der Waals surface area contributed by atoms with Gasteiger partial charge in [-0.1, -0.05) is 60.2 Å². The molecule has 2 fully saturated rings. The second-order valence-electron chi connectivity index (χ2n) is 11.5. The van der Waals surface area contributed by atoms with Gasteiger partial charge >= 0.3 is 11.9 Å². The van der Waals surface area contributed by atoms with Gasteiger partial charge in [-0.3, -0.25) is 4.79 Å². The van der Waals surface area contributed by atoms with Gasteiger partial charge in [-0.15, -0.1) is 0 Å². The Morgan fingerprint density at radius 1 is 1.00 bits per heavy atom. The number of unbranched alkanes of at least 4 members (excludes halogenated alkanes) is 2. The molecule has 1 aliphatic carbocycles. The number of carbonyl (C=O) groups excluding carboxylic acids is 2. The molecule has 0 radical (unpaired) electrons. The second kappa shape index (κ2) is 13.3. The van der Waals surface area contributed by atoms with E-state index in [1.807, 2.05) is 24.3 Å². The topological polar surface area (TPSA) is 61.8 Å². The van der Waals surface area contributed by atoms with Crippen molar-refractivity contribution < 1.29 is 23.5 Å². The van der Waals surface area contributed by atoms with Crippen molar-refractivity contribution in [3.05, 3.63) is 89.7 Å². The molecular weight excluding hydrogens is 504 g/mol. The van der Waals surface area contributed by atoms with Crippen LogP contribution in [-0.4, -0.2) is 32.5 Å². The van der Waals surface area contributed by atoms with E-state index in [9.17, 15) is 9.59 Å². The van der Waals surface area contributed by atoms with Crippen LogP contribution in [0.15, 0.2) is 84.1 Å². The van der Waals surface area contributed by atoms with Crippen molar-refractivity contribution in [1.29, 1.82) is 0 Å². The zero-order valence-corrected chi connectivity index (χ0v) is 24.7. The molecule has 4 rings (SSSR count). The number of hydrogen-bond donors (Lipinski definition) is 0. The lowest BCUT2D eigenvalue weighted by molar-refractivity contribution is -0.141. The Labute approximate surface area is 234 Å². The molecule has 1 saturated carbocycles. The summed E-state index contributed by atoms with van der Waals surface area (Å²) >= 11 is 0. The lowest BCUT2D eigenvalue weighted by Crippen LogP contribution is -2.44. The first kappa shape index (κ1) is 28.9. The molecule has 2 aliphatic rings. The number of benzene rings is 2. The van der Waals surface area contributed by atoms with Crippen LogP contribution in [-0.2, 0) is 18.7 Å². The van der Waals surface area contributed by atoms with E-state index in [2.05, 4.69) is 63.4 Å². The summed E-state index contributed by atoms with van der Waals surface area (Å²) in [4.78, 5) is 25.0. The van der Waals surface area contributed by atoms with Gasteiger partial charge in [0.15, 0.2) is 0 Å². The fraction of sp³-hybridized carbons (Fsp3) is 0.455. The minimum atomic E-state index is -2.17. The van der Waals surface area contributed by atoms with Gasteiger partial charge in [0.1, 0.15) is 12.2 Å². The Bertz CT molecular complexity index is 1170. The summed E-state index contributed by atoms with van der Waals surface area (Å²) in [6.07, 6.45) is 9.71. The van der Waals surface area contributed by atoms with Crippen LogP contribution >= 0.6 is 0 Å². The lowest BCUT2D eigenvalue weighted by atomic mass is 9.89. The predicted molar refractivity (Wildman–Crippen MR) is 157 cm³/mol. The van der Waals surface area contributed by atoms with E-state index in [4.69, 9.17) is 13.9 Å². The summed E-state index contributed by atoms with van der Waals surface area (Å²) < 4.78 is 18.4. The van der Waals surface area contributed by atoms with Gasteiger partial charge in [0.05, 0.1) is 17.7 Å². The zero-order valence-electron chi connectivity index (χ0n) is 23.7. The van der Waals surface area contributed by atoms with Crippen molar-refractivity contribution in [2.75, 3.05) is 0 Å². The summed E-state index contributed by atoms with van der Waals surface area (Å²) in [5.74, 6) is 0.601. The fourth-order valence-corrected chi connectivity index (χ4v) is 7.68. The molecule has 39 heavy (non-hydrogen) atoms. The van der Waals surface area contributed by atoms with E-state index in [1.165, 1.54) is 10.8 Å². The Morgan fingerprint density at radius 3 is 2.38 bits per heavy atom. The maximum absolute atomic E-state index is 12.9. The maximum atomic E-state index is 12.9. The zero-order chi connectivity index (χ0) is 27.8. The third kappa shape index (κ3) is 7.95. The van der Waals surface area contributed by atoms with Crippen molar-refractivity contribution in [3.8, 4) is 0 Å². The van der Waals surface area contributed by atoms with Gasteiger partial charge in [0.25, 0.3) is 8.32 Å². The molecule has 0 bridgehead atoms. The Balaban J connectivity index is 1.51. The second-order valence-corrected chi connectivity index (χ2v) is 15.3. The number of hydrogen-bond acceptors (Lipinski definition) is 5. The summed E-state index contributed by atoms with van der Waals surface area (Å²) in [5.41, 5.74) is 1.89. The van der Waals surface area contributed by atoms with Crippen LogP contribution in [0, 0.1) is 11.8 Å². The van der Waals surface area contributed by atoms with Crippen LogP contribution < -0.4 is 5.19 Å². The number of rotatable bonds is 12. The molecule has 208 valence electrons. The van der Waals surface area contributed by atoms with Gasteiger partial charge in [-0.2, -0.15) is 0 Å². The highest BCUT2D eigenvalue weighted by Crippen LogP contribution is 2.45. The first-order valence-electron chi connectivity index (χ1n) is 14.3. The summed E-state index contributed by atoms with van der Waals surface area (Å²) in [6.45, 7) is 8.74. The quantitative estimate of drug-likeness (QED) is 0.0935. The fourth-order valence-electron chi connectivity index (χ4n) is 5.72. The van der Waals surface area contributed by atoms with Crippen LogP contribution in [0.4, 0.5) is 0 Å². The van der Waals surface area contributed by atoms with E-state index < -0.39 is 8.32 Å². The molecule has 4 atom stereocenters. The largest absolute Gasteiger partial charge is 0.543 e. The SMILES string of the molecule is CC(C)=CCCCC/C(=C/C[C@H]1C(OC(=O)c2ccccc2)CC2OC(=O)CC21)O[Si](C)(C)c1ccccc1. The smallest absolute Gasteiger partial charge is 0.338 e. The van der Waals surface area contributed by atoms with Gasteiger partial charge in [0.2, 0.25) is 0 Å². The minimum Gasteiger partial charge on any atom is -0.543 e. The highest BCUT2D eigenvalue weighted by Gasteiger charge is 2.51. The van der Waals surface area contributed by atoms with Gasteiger partial charge in [-0.05, 0) is 76.0 Å². The van der Waals surface area contributed by atoms with Crippen LogP contribution in [0.1, 0.15) is 69.2 Å². The molecule has 1 heterocycles. The molecular formula is C33H42O5Si. The van der Waals surface area contributed by atoms with E-state index in [0.717, 1.165) is 31.4 Å². The van der Waals surface area contributed by atoms with E-state index in [1.54, 1.807) is 12.1 Å². The molecule has 6 heteroatoms. The van der Waals surface area contributed by atoms with Gasteiger partial charge in [0, 0.05) is 24.7 Å². The third-order valence-corrected chi connectivity index (χ3v) is 10.3. The molecule has 2 aromatic carbocycles. The molecule has 3 unspecified atom stereocenters. The lowest BCUT2D eigenvalue weighted by Gasteiger charge is -2.28. The standard InChI is InChI=1S/C33H42O5Si/c1-24(2)14-8-5-11-17-26(38-39(3,4)27-18-12-7-13-19-27)20-21-28-29-22-32(34)36-31(29)23-30(28)37-33(35)25-15-9-6-10-16-25/h6-7,9-10,12-16,18-20,28-31H,5,8,11,17,21-23H2,1-4H3/b26-20-/t28-,29?,30?,31?/m1/s1. The molecule has 0 spiro atoms. The number of esters is 2. The average molecular weight is 547 g/mol. The van der Waals surface area contributed by atoms with E-state index in [0.29, 0.717) is 24.8 Å². The molecule has 0 aromatic heterocycles. The minimum absolute atomic E-state index is 0.0138. The Hall–Kier alpha value is -3.12. The van der Waals surface area contributed by atoms with Crippen LogP contribution in [0.5, 0.6) is 0 Å². The number of fused-ring (bicyclic) bond motifs is 1. The molecule has 2 aromatic rings. The van der Waals surface area contributed by atoms with E-state index >= 15 is 0 Å². The van der Waals surface area contributed by atoms with Crippen molar-refractivity contribution in [3.63, 3.8) is 0 Å². The van der Waals surface area contributed by atoms with E-state index in [-0.39, 0.29) is 36.0 Å². The number of ether oxygens (including phenoxy) is 2. The van der Waals surface area contributed by atoms with Crippen LogP contribution in [0.2, 0.25) is 13.1 Å². The summed E-state index contributed by atoms with van der Waals surface area (Å²) in [5, 5.41) is 1.26. The van der Waals surface area contributed by atoms with Gasteiger partial charge in [-0.25, -0.2) is 4.79 Å². The molecule has 0 amide bonds. The molecule has 1 saturated heterocycles. The highest BCUT2D eigenvalue weighted by molar-refractivity contribution is 6.84. The van der Waals surface area contributed by atoms with Crippen LogP contribution in [0.3, 0.4) is 0 Å². The third-order valence-electron chi connectivity index (χ3n) is 7.83. The molecule has 0 N–H and O–H groups in total. The van der Waals surface area contributed by atoms with Crippen molar-refractivity contribution in [2.24, 2.45) is 11.8 Å². The van der Waals surface area contributed by atoms with Crippen molar-refractivity contribution in [1.82, 2.24) is 0 Å². The first-order chi connectivity index (χ1) is 18.7. The van der Waals surface area contributed by atoms with Gasteiger partial charge < -0.3 is 13.9 Å². The summed E-state index contributed by atoms with van der Waals surface area (Å²) in [7, 11) is -2.17. The monoisotopic (exact) mass is 546 g/mol. The Morgan fingerprint density at radius 2 is 1.69 bits per heavy atom. The van der Waals surface area contributed by atoms with Crippen LogP contribution in [0.25, 0.3) is 0 Å². The van der Waals surface area contributed by atoms with Crippen molar-refractivity contribution in [2.45, 2.75) is 84.1 Å².